The molecule has 200 valence electrons. The number of halogens is 4. The van der Waals surface area contributed by atoms with Crippen LogP contribution in [0.25, 0.3) is 21.8 Å². The van der Waals surface area contributed by atoms with Crippen molar-refractivity contribution >= 4 is 33.5 Å². The molecule has 4 heterocycles. The Morgan fingerprint density at radius 2 is 1.79 bits per heavy atom. The molecule has 2 N–H and O–H groups in total. The van der Waals surface area contributed by atoms with Gasteiger partial charge in [-0.3, -0.25) is 24.5 Å². The lowest BCUT2D eigenvalue weighted by Crippen LogP contribution is -2.44. The number of benzene rings is 1. The minimum atomic E-state index is -4.56. The number of fused-ring (bicyclic) bond motifs is 3. The van der Waals surface area contributed by atoms with Crippen molar-refractivity contribution in [2.45, 2.75) is 19.3 Å². The van der Waals surface area contributed by atoms with Crippen LogP contribution in [0.5, 0.6) is 0 Å². The maximum atomic E-state index is 15.4. The first-order valence-corrected chi connectivity index (χ1v) is 11.7. The number of aryl methyl sites for hydroxylation is 1. The van der Waals surface area contributed by atoms with E-state index >= 15 is 4.39 Å². The van der Waals surface area contributed by atoms with Crippen LogP contribution in [0.15, 0.2) is 61.1 Å². The molecule has 0 spiro atoms. The molecule has 0 unspecified atom stereocenters. The Labute approximate surface area is 219 Å². The van der Waals surface area contributed by atoms with Crippen LogP contribution in [-0.4, -0.2) is 47.7 Å². The number of aromatic nitrogens is 5. The number of rotatable bonds is 6. The molecule has 0 saturated carbocycles. The fraction of sp³-hybridized carbons (Fsp3) is 0.192. The molecule has 9 nitrogen and oxygen atoms in total. The van der Waals surface area contributed by atoms with Crippen molar-refractivity contribution in [1.82, 2.24) is 34.8 Å². The molecule has 0 saturated heterocycles. The van der Waals surface area contributed by atoms with E-state index in [4.69, 9.17) is 5.73 Å². The lowest BCUT2D eigenvalue weighted by atomic mass is 10.1. The lowest BCUT2D eigenvalue weighted by Gasteiger charge is -2.32. The molecular formula is C26H22F4N8O. The number of hydrogen-bond donors (Lipinski definition) is 1. The van der Waals surface area contributed by atoms with Gasteiger partial charge in [-0.25, -0.2) is 14.4 Å². The Kier molecular flexibility index (Phi) is 6.60. The van der Waals surface area contributed by atoms with Gasteiger partial charge in [0.15, 0.2) is 0 Å². The normalized spacial score (nSPS) is 12.0. The number of nitrogens with two attached hydrogens (primary N) is 1. The fourth-order valence-corrected chi connectivity index (χ4v) is 4.28. The monoisotopic (exact) mass is 538 g/mol. The zero-order valence-electron chi connectivity index (χ0n) is 20.8. The molecule has 0 fully saturated rings. The number of carbonyl (C=O) groups excluding carboxylic acids is 1. The Hall–Kier alpha value is -4.65. The number of alkyl halides is 3. The van der Waals surface area contributed by atoms with Crippen molar-refractivity contribution < 1.29 is 22.4 Å². The highest BCUT2D eigenvalue weighted by atomic mass is 19.4. The van der Waals surface area contributed by atoms with Crippen molar-refractivity contribution in [2.24, 2.45) is 7.05 Å². The van der Waals surface area contributed by atoms with E-state index in [0.717, 1.165) is 12.1 Å². The van der Waals surface area contributed by atoms with Gasteiger partial charge in [0.05, 0.1) is 58.2 Å². The molecule has 1 amide bonds. The van der Waals surface area contributed by atoms with Gasteiger partial charge in [0, 0.05) is 37.9 Å². The number of anilines is 1. The van der Waals surface area contributed by atoms with E-state index in [0.29, 0.717) is 28.2 Å². The maximum Gasteiger partial charge on any atom is 0.417 e. The second-order valence-electron chi connectivity index (χ2n) is 8.91. The van der Waals surface area contributed by atoms with E-state index in [1.165, 1.54) is 28.3 Å². The Balaban J connectivity index is 1.57. The zero-order chi connectivity index (χ0) is 27.9. The number of nitrogens with zero attached hydrogens (tertiary/aromatic N) is 7. The van der Waals surface area contributed by atoms with E-state index in [2.05, 4.69) is 20.1 Å². The number of pyridine rings is 3. The molecule has 39 heavy (non-hydrogen) atoms. The summed E-state index contributed by atoms with van der Waals surface area (Å²) in [6, 6.07) is 9.84. The molecule has 5 rings (SSSR count). The van der Waals surface area contributed by atoms with Gasteiger partial charge in [-0.15, -0.1) is 0 Å². The number of nitrogen functional groups attached to an aromatic ring is 1. The molecule has 0 radical (unpaired) electrons. The molecule has 0 aliphatic carbocycles. The average molecular weight is 539 g/mol. The summed E-state index contributed by atoms with van der Waals surface area (Å²) in [7, 11) is 3.28. The molecule has 4 aromatic heterocycles. The van der Waals surface area contributed by atoms with E-state index < -0.39 is 23.5 Å². The van der Waals surface area contributed by atoms with Crippen LogP contribution < -0.4 is 5.73 Å². The van der Waals surface area contributed by atoms with E-state index in [9.17, 15) is 18.0 Å². The first-order chi connectivity index (χ1) is 18.5. The van der Waals surface area contributed by atoms with Crippen LogP contribution in [0.2, 0.25) is 0 Å². The van der Waals surface area contributed by atoms with E-state index in [1.54, 1.807) is 43.2 Å². The predicted octanol–water partition coefficient (Wildman–Crippen LogP) is 4.34. The molecule has 0 bridgehead atoms. The summed E-state index contributed by atoms with van der Waals surface area (Å²) in [5.74, 6) is -1.40. The van der Waals surface area contributed by atoms with Gasteiger partial charge in [-0.1, -0.05) is 6.07 Å². The third-order valence-corrected chi connectivity index (χ3v) is 6.25. The van der Waals surface area contributed by atoms with Crippen LogP contribution in [0.1, 0.15) is 27.3 Å². The SMILES string of the molecule is CN(Cc1ccccn1)N(Cc1ccc(C(F)(F)F)cn1)C(=O)c1cc2c(cc1F)nc(N)c1cnn(C)c12. The fourth-order valence-electron chi connectivity index (χ4n) is 4.28. The Bertz CT molecular complexity index is 1670. The van der Waals surface area contributed by atoms with Gasteiger partial charge >= 0.3 is 6.18 Å². The van der Waals surface area contributed by atoms with E-state index in [1.807, 2.05) is 0 Å². The Morgan fingerprint density at radius 3 is 2.46 bits per heavy atom. The molecular weight excluding hydrogens is 516 g/mol. The minimum Gasteiger partial charge on any atom is -0.383 e. The van der Waals surface area contributed by atoms with Crippen LogP contribution in [0, 0.1) is 5.82 Å². The van der Waals surface area contributed by atoms with Crippen LogP contribution in [0.4, 0.5) is 23.4 Å². The molecule has 13 heteroatoms. The van der Waals surface area contributed by atoms with Gasteiger partial charge in [0.2, 0.25) is 0 Å². The largest absolute Gasteiger partial charge is 0.417 e. The van der Waals surface area contributed by atoms with Gasteiger partial charge < -0.3 is 5.73 Å². The topological polar surface area (TPSA) is 106 Å². The van der Waals surface area contributed by atoms with Crippen molar-refractivity contribution in [3.63, 3.8) is 0 Å². The maximum absolute atomic E-state index is 15.4. The number of amides is 1. The summed E-state index contributed by atoms with van der Waals surface area (Å²) < 4.78 is 56.0. The highest BCUT2D eigenvalue weighted by molar-refractivity contribution is 6.10. The average Bonchev–Trinajstić information content (AvgIpc) is 3.29. The summed E-state index contributed by atoms with van der Waals surface area (Å²) in [5.41, 5.74) is 6.44. The predicted molar refractivity (Wildman–Crippen MR) is 135 cm³/mol. The summed E-state index contributed by atoms with van der Waals surface area (Å²) in [4.78, 5) is 26.2. The highest BCUT2D eigenvalue weighted by Gasteiger charge is 2.31. The third-order valence-electron chi connectivity index (χ3n) is 6.25. The second kappa shape index (κ2) is 9.91. The molecule has 5 aromatic rings. The van der Waals surface area contributed by atoms with E-state index in [-0.39, 0.29) is 35.7 Å². The van der Waals surface area contributed by atoms with Crippen molar-refractivity contribution in [3.05, 3.63) is 89.4 Å². The lowest BCUT2D eigenvalue weighted by molar-refractivity contribution is -0.137. The van der Waals surface area contributed by atoms with Crippen LogP contribution in [-0.2, 0) is 26.3 Å². The number of hydrazine groups is 1. The van der Waals surface area contributed by atoms with Gasteiger partial charge in [-0.05, 0) is 30.3 Å². The van der Waals surface area contributed by atoms with Crippen LogP contribution >= 0.6 is 0 Å². The third kappa shape index (κ3) is 5.08. The van der Waals surface area contributed by atoms with Crippen LogP contribution in [0.3, 0.4) is 0 Å². The van der Waals surface area contributed by atoms with Gasteiger partial charge in [-0.2, -0.15) is 18.3 Å². The summed E-state index contributed by atoms with van der Waals surface area (Å²) in [6.07, 6.45) is -0.735. The molecule has 0 aliphatic heterocycles. The standard InChI is InChI=1S/C26H22F4N8O/c1-36(13-16-5-3-4-8-32-16)38(14-17-7-6-15(11-33-17)26(28,29)30)25(39)18-9-19-22(10-21(18)27)35-24(31)20-12-34-37(2)23(19)20/h3-12H,13-14H2,1-2H3,(H2,31,35). The summed E-state index contributed by atoms with van der Waals surface area (Å²) in [5, 5.41) is 7.93. The molecule has 0 atom stereocenters. The van der Waals surface area contributed by atoms with Crippen molar-refractivity contribution in [1.29, 1.82) is 0 Å². The van der Waals surface area contributed by atoms with Crippen molar-refractivity contribution in [3.8, 4) is 0 Å². The first-order valence-electron chi connectivity index (χ1n) is 11.7. The smallest absolute Gasteiger partial charge is 0.383 e. The first kappa shape index (κ1) is 26.0. The highest BCUT2D eigenvalue weighted by Crippen LogP contribution is 2.31. The minimum absolute atomic E-state index is 0.159. The summed E-state index contributed by atoms with van der Waals surface area (Å²) >= 11 is 0. The number of carbonyl (C=O) groups is 1. The second-order valence-corrected chi connectivity index (χ2v) is 8.91. The molecule has 1 aromatic carbocycles. The molecule has 0 aliphatic rings. The van der Waals surface area contributed by atoms with Gasteiger partial charge in [0.25, 0.3) is 5.91 Å². The Morgan fingerprint density at radius 1 is 1.03 bits per heavy atom. The number of hydrogen-bond acceptors (Lipinski definition) is 7. The zero-order valence-corrected chi connectivity index (χ0v) is 20.8. The quantitative estimate of drug-likeness (QED) is 0.253. The van der Waals surface area contributed by atoms with Crippen molar-refractivity contribution in [2.75, 3.05) is 12.8 Å². The van der Waals surface area contributed by atoms with Gasteiger partial charge in [0.1, 0.15) is 11.6 Å². The summed E-state index contributed by atoms with van der Waals surface area (Å²) in [6.45, 7) is -0.0641.